The van der Waals surface area contributed by atoms with Crippen LogP contribution in [0.15, 0.2) is 24.3 Å². The van der Waals surface area contributed by atoms with Crippen molar-refractivity contribution in [2.75, 3.05) is 6.54 Å². The summed E-state index contributed by atoms with van der Waals surface area (Å²) in [5.74, 6) is 1.04. The average molecular weight is 233 g/mol. The highest BCUT2D eigenvalue weighted by Crippen LogP contribution is 2.28. The van der Waals surface area contributed by atoms with Gasteiger partial charge in [-0.1, -0.05) is 38.1 Å². The van der Waals surface area contributed by atoms with E-state index in [0.717, 1.165) is 0 Å². The second-order valence-electron chi connectivity index (χ2n) is 5.28. The van der Waals surface area contributed by atoms with Gasteiger partial charge in [0.2, 0.25) is 0 Å². The van der Waals surface area contributed by atoms with Gasteiger partial charge in [-0.15, -0.1) is 0 Å². The zero-order valence-corrected chi connectivity index (χ0v) is 10.9. The molecular weight excluding hydrogens is 210 g/mol. The van der Waals surface area contributed by atoms with Crippen molar-refractivity contribution in [2.45, 2.75) is 38.8 Å². The molecule has 1 aromatic carbocycles. The average Bonchev–Trinajstić information content (AvgIpc) is 2.70. The second-order valence-corrected chi connectivity index (χ2v) is 5.28. The lowest BCUT2D eigenvalue weighted by atomic mass is 9.89. The molecule has 0 aliphatic carbocycles. The molecule has 1 heterocycles. The molecule has 0 aromatic heterocycles. The van der Waals surface area contributed by atoms with E-state index in [1.54, 1.807) is 0 Å². The van der Waals surface area contributed by atoms with Crippen LogP contribution >= 0.6 is 0 Å². The van der Waals surface area contributed by atoms with Gasteiger partial charge >= 0.3 is 0 Å². The largest absolute Gasteiger partial charge is 0.330 e. The molecule has 1 aromatic rings. The summed E-state index contributed by atoms with van der Waals surface area (Å²) in [7, 11) is 0. The van der Waals surface area contributed by atoms with Gasteiger partial charge in [0.25, 0.3) is 0 Å². The second kappa shape index (κ2) is 5.17. The SMILES string of the molecule is CC(C)c1ccc(C2NNC(C)C2CN)cc1. The van der Waals surface area contributed by atoms with Crippen LogP contribution in [0.1, 0.15) is 43.9 Å². The topological polar surface area (TPSA) is 50.1 Å². The fourth-order valence-electron chi connectivity index (χ4n) is 2.48. The normalized spacial score (nSPS) is 28.9. The Kier molecular flexibility index (Phi) is 3.82. The summed E-state index contributed by atoms with van der Waals surface area (Å²) >= 11 is 0. The molecule has 0 bridgehead atoms. The van der Waals surface area contributed by atoms with Crippen molar-refractivity contribution >= 4 is 0 Å². The number of rotatable bonds is 3. The Morgan fingerprint density at radius 3 is 2.35 bits per heavy atom. The summed E-state index contributed by atoms with van der Waals surface area (Å²) in [5, 5.41) is 0. The van der Waals surface area contributed by atoms with Gasteiger partial charge in [-0.3, -0.25) is 5.43 Å². The number of hydrogen-bond donors (Lipinski definition) is 3. The van der Waals surface area contributed by atoms with Gasteiger partial charge in [0.05, 0.1) is 6.04 Å². The molecule has 3 atom stereocenters. The molecule has 1 aliphatic heterocycles. The van der Waals surface area contributed by atoms with Crippen LogP contribution in [0.3, 0.4) is 0 Å². The Morgan fingerprint density at radius 1 is 1.18 bits per heavy atom. The standard InChI is InChI=1S/C14H23N3/c1-9(2)11-4-6-12(7-5-11)14-13(8-15)10(3)16-17-14/h4-7,9-10,13-14,16-17H,8,15H2,1-3H3. The van der Waals surface area contributed by atoms with E-state index < -0.39 is 0 Å². The van der Waals surface area contributed by atoms with E-state index in [9.17, 15) is 0 Å². The molecule has 17 heavy (non-hydrogen) atoms. The first-order valence-electron chi connectivity index (χ1n) is 6.44. The fourth-order valence-corrected chi connectivity index (χ4v) is 2.48. The van der Waals surface area contributed by atoms with Crippen LogP contribution in [0.4, 0.5) is 0 Å². The third-order valence-corrected chi connectivity index (χ3v) is 3.77. The minimum Gasteiger partial charge on any atom is -0.330 e. The van der Waals surface area contributed by atoms with Crippen molar-refractivity contribution < 1.29 is 0 Å². The lowest BCUT2D eigenvalue weighted by molar-refractivity contribution is 0.444. The Bertz CT molecular complexity index is 358. The molecule has 94 valence electrons. The van der Waals surface area contributed by atoms with Gasteiger partial charge in [0, 0.05) is 12.0 Å². The van der Waals surface area contributed by atoms with Gasteiger partial charge in [0.15, 0.2) is 0 Å². The van der Waals surface area contributed by atoms with Gasteiger partial charge in [-0.05, 0) is 30.5 Å². The third-order valence-electron chi connectivity index (χ3n) is 3.77. The molecule has 0 amide bonds. The van der Waals surface area contributed by atoms with E-state index in [4.69, 9.17) is 5.73 Å². The van der Waals surface area contributed by atoms with E-state index >= 15 is 0 Å². The van der Waals surface area contributed by atoms with E-state index in [1.165, 1.54) is 11.1 Å². The van der Waals surface area contributed by atoms with E-state index in [2.05, 4.69) is 55.9 Å². The summed E-state index contributed by atoms with van der Waals surface area (Å²) in [6.45, 7) is 7.31. The highest BCUT2D eigenvalue weighted by Gasteiger charge is 2.32. The maximum absolute atomic E-state index is 5.85. The Hall–Kier alpha value is -0.900. The van der Waals surface area contributed by atoms with Crippen LogP contribution in [0.25, 0.3) is 0 Å². The molecule has 3 heteroatoms. The number of nitrogens with two attached hydrogens (primary N) is 1. The summed E-state index contributed by atoms with van der Waals surface area (Å²) < 4.78 is 0. The van der Waals surface area contributed by atoms with Crippen molar-refractivity contribution in [3.8, 4) is 0 Å². The van der Waals surface area contributed by atoms with Crippen LogP contribution in [0.2, 0.25) is 0 Å². The monoisotopic (exact) mass is 233 g/mol. The van der Waals surface area contributed by atoms with Gasteiger partial charge in [-0.2, -0.15) is 0 Å². The summed E-state index contributed by atoms with van der Waals surface area (Å²) in [6.07, 6.45) is 0. The van der Waals surface area contributed by atoms with Crippen molar-refractivity contribution in [2.24, 2.45) is 11.7 Å². The number of hydrazine groups is 1. The van der Waals surface area contributed by atoms with Gasteiger partial charge < -0.3 is 5.73 Å². The number of hydrogen-bond acceptors (Lipinski definition) is 3. The number of nitrogens with one attached hydrogen (secondary N) is 2. The quantitative estimate of drug-likeness (QED) is 0.747. The minimum atomic E-state index is 0.330. The van der Waals surface area contributed by atoms with E-state index in [0.29, 0.717) is 30.5 Å². The third kappa shape index (κ3) is 2.51. The Labute approximate surface area is 104 Å². The lowest BCUT2D eigenvalue weighted by Crippen LogP contribution is -2.30. The molecular formula is C14H23N3. The Balaban J connectivity index is 2.17. The van der Waals surface area contributed by atoms with Crippen LogP contribution in [-0.4, -0.2) is 12.6 Å². The van der Waals surface area contributed by atoms with Crippen molar-refractivity contribution in [1.29, 1.82) is 0 Å². The maximum atomic E-state index is 5.85. The first-order chi connectivity index (χ1) is 8.13. The van der Waals surface area contributed by atoms with Crippen molar-refractivity contribution in [3.05, 3.63) is 35.4 Å². The fraction of sp³-hybridized carbons (Fsp3) is 0.571. The molecule has 4 N–H and O–H groups in total. The van der Waals surface area contributed by atoms with Crippen LogP contribution < -0.4 is 16.6 Å². The smallest absolute Gasteiger partial charge is 0.0517 e. The zero-order chi connectivity index (χ0) is 12.4. The maximum Gasteiger partial charge on any atom is 0.0517 e. The van der Waals surface area contributed by atoms with Gasteiger partial charge in [-0.25, -0.2) is 5.43 Å². The number of benzene rings is 1. The van der Waals surface area contributed by atoms with Crippen LogP contribution in [-0.2, 0) is 0 Å². The van der Waals surface area contributed by atoms with E-state index in [-0.39, 0.29) is 0 Å². The molecule has 1 saturated heterocycles. The molecule has 0 saturated carbocycles. The highest BCUT2D eigenvalue weighted by atomic mass is 15.4. The summed E-state index contributed by atoms with van der Waals surface area (Å²) in [4.78, 5) is 0. The van der Waals surface area contributed by atoms with Crippen molar-refractivity contribution in [3.63, 3.8) is 0 Å². The molecule has 0 radical (unpaired) electrons. The molecule has 3 unspecified atom stereocenters. The highest BCUT2D eigenvalue weighted by molar-refractivity contribution is 5.28. The first-order valence-corrected chi connectivity index (χ1v) is 6.44. The zero-order valence-electron chi connectivity index (χ0n) is 10.9. The summed E-state index contributed by atoms with van der Waals surface area (Å²) in [5.41, 5.74) is 15.2. The molecule has 3 nitrogen and oxygen atoms in total. The van der Waals surface area contributed by atoms with Crippen LogP contribution in [0.5, 0.6) is 0 Å². The van der Waals surface area contributed by atoms with Crippen LogP contribution in [0, 0.1) is 5.92 Å². The molecule has 1 fully saturated rings. The molecule has 0 spiro atoms. The van der Waals surface area contributed by atoms with E-state index in [1.807, 2.05) is 0 Å². The van der Waals surface area contributed by atoms with Crippen molar-refractivity contribution in [1.82, 2.24) is 10.9 Å². The Morgan fingerprint density at radius 2 is 1.82 bits per heavy atom. The molecule has 1 aliphatic rings. The minimum absolute atomic E-state index is 0.330. The molecule has 2 rings (SSSR count). The predicted molar refractivity (Wildman–Crippen MR) is 71.5 cm³/mol. The summed E-state index contributed by atoms with van der Waals surface area (Å²) in [6, 6.07) is 9.63. The lowest BCUT2D eigenvalue weighted by Gasteiger charge is -2.20. The van der Waals surface area contributed by atoms with Gasteiger partial charge in [0.1, 0.15) is 0 Å². The predicted octanol–water partition coefficient (Wildman–Crippen LogP) is 1.92. The first kappa shape index (κ1) is 12.6.